The Morgan fingerprint density at radius 1 is 1.42 bits per heavy atom. The second-order valence-electron chi connectivity index (χ2n) is 5.26. The zero-order valence-electron chi connectivity index (χ0n) is 11.2. The molecule has 0 aliphatic carbocycles. The number of pyridine rings is 1. The molecule has 1 aliphatic heterocycles. The molecule has 100 valence electrons. The van der Waals surface area contributed by atoms with Crippen LogP contribution in [-0.2, 0) is 6.42 Å². The lowest BCUT2D eigenvalue weighted by Gasteiger charge is -2.22. The number of nitrogens with one attached hydrogen (secondary N) is 1. The van der Waals surface area contributed by atoms with Crippen molar-refractivity contribution in [1.82, 2.24) is 15.3 Å². The average Bonchev–Trinajstić information content (AvgIpc) is 2.87. The van der Waals surface area contributed by atoms with Crippen molar-refractivity contribution in [2.45, 2.75) is 26.2 Å². The molecule has 3 nitrogen and oxygen atoms in total. The standard InChI is InChI=1S/C15H19N3S/c1-11-10-19-15(18-11)14-5-4-13(9-17-14)7-12-3-2-6-16-8-12/h4-5,9-10,12,16H,2-3,6-8H2,1H3/t12-/m0/s1. The Bertz CT molecular complexity index is 527. The molecule has 2 aromatic heterocycles. The minimum Gasteiger partial charge on any atom is -0.316 e. The second-order valence-corrected chi connectivity index (χ2v) is 6.12. The van der Waals surface area contributed by atoms with E-state index in [2.05, 4.69) is 32.8 Å². The predicted molar refractivity (Wildman–Crippen MR) is 79.4 cm³/mol. The van der Waals surface area contributed by atoms with Crippen molar-refractivity contribution >= 4 is 11.3 Å². The zero-order valence-corrected chi connectivity index (χ0v) is 12.0. The quantitative estimate of drug-likeness (QED) is 0.934. The largest absolute Gasteiger partial charge is 0.316 e. The molecule has 0 aromatic carbocycles. The van der Waals surface area contributed by atoms with Gasteiger partial charge in [0.15, 0.2) is 0 Å². The summed E-state index contributed by atoms with van der Waals surface area (Å²) in [5, 5.41) is 6.55. The van der Waals surface area contributed by atoms with Crippen LogP contribution in [0.25, 0.3) is 10.7 Å². The molecule has 2 aromatic rings. The smallest absolute Gasteiger partial charge is 0.142 e. The summed E-state index contributed by atoms with van der Waals surface area (Å²) in [6.07, 6.45) is 5.78. The van der Waals surface area contributed by atoms with Crippen molar-refractivity contribution in [2.24, 2.45) is 5.92 Å². The van der Waals surface area contributed by atoms with E-state index in [4.69, 9.17) is 0 Å². The maximum Gasteiger partial charge on any atom is 0.142 e. The molecule has 4 heteroatoms. The summed E-state index contributed by atoms with van der Waals surface area (Å²) in [7, 11) is 0. The molecular weight excluding hydrogens is 254 g/mol. The molecule has 1 fully saturated rings. The summed E-state index contributed by atoms with van der Waals surface area (Å²) in [5.74, 6) is 0.767. The van der Waals surface area contributed by atoms with Crippen LogP contribution in [0.2, 0.25) is 0 Å². The molecule has 0 spiro atoms. The summed E-state index contributed by atoms with van der Waals surface area (Å²) < 4.78 is 0. The van der Waals surface area contributed by atoms with Crippen molar-refractivity contribution in [3.8, 4) is 10.7 Å². The molecule has 0 saturated carbocycles. The van der Waals surface area contributed by atoms with E-state index < -0.39 is 0 Å². The molecule has 0 amide bonds. The normalized spacial score (nSPS) is 19.5. The van der Waals surface area contributed by atoms with Crippen LogP contribution < -0.4 is 5.32 Å². The van der Waals surface area contributed by atoms with Crippen molar-refractivity contribution in [1.29, 1.82) is 0 Å². The van der Waals surface area contributed by atoms with Gasteiger partial charge in [-0.2, -0.15) is 0 Å². The molecule has 0 bridgehead atoms. The molecule has 1 N–H and O–H groups in total. The fourth-order valence-electron chi connectivity index (χ4n) is 2.57. The van der Waals surface area contributed by atoms with Crippen LogP contribution in [0.4, 0.5) is 0 Å². The fraction of sp³-hybridized carbons (Fsp3) is 0.467. The van der Waals surface area contributed by atoms with Gasteiger partial charge in [0.2, 0.25) is 0 Å². The first-order valence-corrected chi connectivity index (χ1v) is 7.77. The highest BCUT2D eigenvalue weighted by Crippen LogP contribution is 2.22. The van der Waals surface area contributed by atoms with Gasteiger partial charge in [-0.05, 0) is 56.8 Å². The lowest BCUT2D eigenvalue weighted by atomic mass is 9.93. The van der Waals surface area contributed by atoms with Crippen molar-refractivity contribution in [2.75, 3.05) is 13.1 Å². The number of rotatable bonds is 3. The number of hydrogen-bond acceptors (Lipinski definition) is 4. The summed E-state index contributed by atoms with van der Waals surface area (Å²) >= 11 is 1.66. The van der Waals surface area contributed by atoms with Crippen molar-refractivity contribution in [3.05, 3.63) is 35.0 Å². The van der Waals surface area contributed by atoms with E-state index >= 15 is 0 Å². The first-order chi connectivity index (χ1) is 9.31. The third-order valence-corrected chi connectivity index (χ3v) is 4.57. The van der Waals surface area contributed by atoms with Crippen LogP contribution in [-0.4, -0.2) is 23.1 Å². The highest BCUT2D eigenvalue weighted by atomic mass is 32.1. The first kappa shape index (κ1) is 12.8. The van der Waals surface area contributed by atoms with Gasteiger partial charge in [-0.3, -0.25) is 4.98 Å². The predicted octanol–water partition coefficient (Wildman–Crippen LogP) is 3.06. The SMILES string of the molecule is Cc1csc(-c2ccc(C[C@@H]3CCCNC3)cn2)n1. The minimum absolute atomic E-state index is 0.767. The number of aromatic nitrogens is 2. The molecule has 0 radical (unpaired) electrons. The van der Waals surface area contributed by atoms with Crippen LogP contribution in [0.15, 0.2) is 23.7 Å². The van der Waals surface area contributed by atoms with Gasteiger partial charge in [-0.25, -0.2) is 4.98 Å². The van der Waals surface area contributed by atoms with E-state index in [9.17, 15) is 0 Å². The van der Waals surface area contributed by atoms with Gasteiger partial charge in [-0.1, -0.05) is 6.07 Å². The van der Waals surface area contributed by atoms with Gasteiger partial charge in [0.1, 0.15) is 5.01 Å². The van der Waals surface area contributed by atoms with Crippen molar-refractivity contribution in [3.63, 3.8) is 0 Å². The minimum atomic E-state index is 0.767. The Morgan fingerprint density at radius 3 is 3.00 bits per heavy atom. The lowest BCUT2D eigenvalue weighted by molar-refractivity contribution is 0.376. The van der Waals surface area contributed by atoms with E-state index in [1.165, 1.54) is 24.9 Å². The molecule has 0 unspecified atom stereocenters. The Kier molecular flexibility index (Phi) is 3.89. The summed E-state index contributed by atoms with van der Waals surface area (Å²) in [5.41, 5.74) is 3.40. The van der Waals surface area contributed by atoms with E-state index in [1.54, 1.807) is 11.3 Å². The third-order valence-electron chi connectivity index (χ3n) is 3.59. The van der Waals surface area contributed by atoms with Crippen LogP contribution in [0, 0.1) is 12.8 Å². The fourth-order valence-corrected chi connectivity index (χ4v) is 3.35. The molecule has 3 rings (SSSR count). The maximum atomic E-state index is 4.56. The van der Waals surface area contributed by atoms with E-state index in [1.807, 2.05) is 13.1 Å². The lowest BCUT2D eigenvalue weighted by Crippen LogP contribution is -2.30. The van der Waals surface area contributed by atoms with Gasteiger partial charge in [0.25, 0.3) is 0 Å². The second kappa shape index (κ2) is 5.80. The van der Waals surface area contributed by atoms with Crippen LogP contribution >= 0.6 is 11.3 Å². The maximum absolute atomic E-state index is 4.56. The van der Waals surface area contributed by atoms with Gasteiger partial charge < -0.3 is 5.32 Å². The van der Waals surface area contributed by atoms with Crippen molar-refractivity contribution < 1.29 is 0 Å². The summed E-state index contributed by atoms with van der Waals surface area (Å²) in [4.78, 5) is 9.03. The topological polar surface area (TPSA) is 37.8 Å². The highest BCUT2D eigenvalue weighted by molar-refractivity contribution is 7.13. The van der Waals surface area contributed by atoms with Crippen LogP contribution in [0.3, 0.4) is 0 Å². The Labute approximate surface area is 118 Å². The number of piperidine rings is 1. The Balaban J connectivity index is 1.68. The van der Waals surface area contributed by atoms with E-state index in [-0.39, 0.29) is 0 Å². The molecule has 3 heterocycles. The van der Waals surface area contributed by atoms with Crippen LogP contribution in [0.1, 0.15) is 24.1 Å². The summed E-state index contributed by atoms with van der Waals surface area (Å²) in [6.45, 7) is 4.34. The molecular formula is C15H19N3S. The monoisotopic (exact) mass is 273 g/mol. The number of thiazole rings is 1. The Morgan fingerprint density at radius 2 is 2.37 bits per heavy atom. The Hall–Kier alpha value is -1.26. The number of hydrogen-bond donors (Lipinski definition) is 1. The van der Waals surface area contributed by atoms with Gasteiger partial charge in [-0.15, -0.1) is 11.3 Å². The van der Waals surface area contributed by atoms with Crippen LogP contribution in [0.5, 0.6) is 0 Å². The number of aryl methyl sites for hydroxylation is 1. The molecule has 1 aliphatic rings. The van der Waals surface area contributed by atoms with E-state index in [0.717, 1.165) is 35.3 Å². The number of nitrogens with zero attached hydrogens (tertiary/aromatic N) is 2. The zero-order chi connectivity index (χ0) is 13.1. The van der Waals surface area contributed by atoms with E-state index in [0.29, 0.717) is 0 Å². The van der Waals surface area contributed by atoms with Gasteiger partial charge in [0, 0.05) is 17.3 Å². The first-order valence-electron chi connectivity index (χ1n) is 6.89. The molecule has 19 heavy (non-hydrogen) atoms. The third kappa shape index (κ3) is 3.19. The van der Waals surface area contributed by atoms with Gasteiger partial charge >= 0.3 is 0 Å². The molecule has 1 saturated heterocycles. The highest BCUT2D eigenvalue weighted by Gasteiger charge is 2.13. The summed E-state index contributed by atoms with van der Waals surface area (Å²) in [6, 6.07) is 4.30. The average molecular weight is 273 g/mol. The molecule has 1 atom stereocenters. The van der Waals surface area contributed by atoms with Gasteiger partial charge in [0.05, 0.1) is 5.69 Å².